The summed E-state index contributed by atoms with van der Waals surface area (Å²) in [5.74, 6) is 1.88. The van der Waals surface area contributed by atoms with E-state index in [1.807, 2.05) is 24.4 Å². The SMILES string of the molecule is CS(=O)(=O)N1CCN(Cc2nc3nc(-c4ccc5[nH]ccc5c4)nc(N4CCOCC4)c3o2)CC1. The van der Waals surface area contributed by atoms with Crippen molar-refractivity contribution >= 4 is 38.0 Å². The van der Waals surface area contributed by atoms with Crippen LogP contribution in [0.3, 0.4) is 0 Å². The summed E-state index contributed by atoms with van der Waals surface area (Å²) in [6.45, 7) is 5.33. The number of nitrogens with one attached hydrogen (secondary N) is 1. The third kappa shape index (κ3) is 4.49. The molecule has 0 atom stereocenters. The van der Waals surface area contributed by atoms with Gasteiger partial charge in [-0.2, -0.15) is 9.29 Å². The van der Waals surface area contributed by atoms with Crippen LogP contribution in [0.15, 0.2) is 34.9 Å². The van der Waals surface area contributed by atoms with Gasteiger partial charge in [0.15, 0.2) is 11.6 Å². The van der Waals surface area contributed by atoms with E-state index in [0.29, 0.717) is 82.0 Å². The maximum absolute atomic E-state index is 11.8. The molecule has 0 aliphatic carbocycles. The molecule has 0 unspecified atom stereocenters. The molecule has 2 fully saturated rings. The summed E-state index contributed by atoms with van der Waals surface area (Å²) in [5, 5.41) is 1.09. The first kappa shape index (κ1) is 22.4. The van der Waals surface area contributed by atoms with Crippen molar-refractivity contribution in [3.63, 3.8) is 0 Å². The molecule has 0 radical (unpaired) electrons. The van der Waals surface area contributed by atoms with Crippen LogP contribution in [0.25, 0.3) is 33.5 Å². The maximum atomic E-state index is 11.8. The van der Waals surface area contributed by atoms with E-state index in [1.54, 1.807) is 0 Å². The summed E-state index contributed by atoms with van der Waals surface area (Å²) in [6.07, 6.45) is 3.16. The Labute approximate surface area is 202 Å². The zero-order chi connectivity index (χ0) is 24.0. The summed E-state index contributed by atoms with van der Waals surface area (Å²) >= 11 is 0. The molecule has 35 heavy (non-hydrogen) atoms. The highest BCUT2D eigenvalue weighted by Gasteiger charge is 2.26. The first-order valence-electron chi connectivity index (χ1n) is 11.7. The summed E-state index contributed by atoms with van der Waals surface area (Å²) in [4.78, 5) is 21.9. The second kappa shape index (κ2) is 8.86. The van der Waals surface area contributed by atoms with Crippen molar-refractivity contribution in [1.82, 2.24) is 29.1 Å². The molecule has 4 aromatic rings. The molecule has 11 nitrogen and oxygen atoms in total. The molecule has 0 amide bonds. The van der Waals surface area contributed by atoms with E-state index >= 15 is 0 Å². The van der Waals surface area contributed by atoms with Gasteiger partial charge < -0.3 is 19.0 Å². The molecular formula is C23H27N7O4S. The number of hydrogen-bond donors (Lipinski definition) is 1. The molecule has 0 spiro atoms. The number of ether oxygens (including phenoxy) is 1. The Kier molecular flexibility index (Phi) is 5.67. The van der Waals surface area contributed by atoms with E-state index in [4.69, 9.17) is 24.1 Å². The molecule has 3 aromatic heterocycles. The molecule has 1 aromatic carbocycles. The minimum absolute atomic E-state index is 0.462. The van der Waals surface area contributed by atoms with Crippen molar-refractivity contribution in [2.75, 3.05) is 63.6 Å². The fourth-order valence-corrected chi connectivity index (χ4v) is 5.47. The second-order valence-electron chi connectivity index (χ2n) is 8.95. The predicted octanol–water partition coefficient (Wildman–Crippen LogP) is 1.68. The molecule has 0 bridgehead atoms. The van der Waals surface area contributed by atoms with E-state index < -0.39 is 10.0 Å². The third-order valence-corrected chi connectivity index (χ3v) is 7.86. The molecule has 1 N–H and O–H groups in total. The Bertz CT molecular complexity index is 1470. The fourth-order valence-electron chi connectivity index (χ4n) is 4.64. The van der Waals surface area contributed by atoms with Crippen molar-refractivity contribution in [2.24, 2.45) is 0 Å². The number of piperazine rings is 1. The molecule has 184 valence electrons. The van der Waals surface area contributed by atoms with Gasteiger partial charge in [0, 0.05) is 61.9 Å². The number of sulfonamides is 1. The average Bonchev–Trinajstić information content (AvgIpc) is 3.49. The number of morpholine rings is 1. The number of H-pyrrole nitrogens is 1. The van der Waals surface area contributed by atoms with Gasteiger partial charge in [-0.15, -0.1) is 0 Å². The van der Waals surface area contributed by atoms with Crippen LogP contribution in [0.5, 0.6) is 0 Å². The second-order valence-corrected chi connectivity index (χ2v) is 10.9. The van der Waals surface area contributed by atoms with E-state index in [2.05, 4.69) is 20.9 Å². The van der Waals surface area contributed by atoms with E-state index in [1.165, 1.54) is 10.6 Å². The summed E-state index contributed by atoms with van der Waals surface area (Å²) in [5.41, 5.74) is 3.07. The van der Waals surface area contributed by atoms with Crippen molar-refractivity contribution in [1.29, 1.82) is 0 Å². The van der Waals surface area contributed by atoms with Crippen molar-refractivity contribution < 1.29 is 17.6 Å². The van der Waals surface area contributed by atoms with Gasteiger partial charge in [-0.3, -0.25) is 4.90 Å². The van der Waals surface area contributed by atoms with Gasteiger partial charge in [0.05, 0.1) is 26.0 Å². The Morgan fingerprint density at radius 2 is 1.80 bits per heavy atom. The lowest BCUT2D eigenvalue weighted by atomic mass is 10.1. The topological polar surface area (TPSA) is 121 Å². The quantitative estimate of drug-likeness (QED) is 0.439. The lowest BCUT2D eigenvalue weighted by Gasteiger charge is -2.32. The Morgan fingerprint density at radius 3 is 2.57 bits per heavy atom. The molecule has 6 rings (SSSR count). The number of anilines is 1. The third-order valence-electron chi connectivity index (χ3n) is 6.56. The van der Waals surface area contributed by atoms with Gasteiger partial charge in [0.2, 0.25) is 27.1 Å². The van der Waals surface area contributed by atoms with Crippen LogP contribution >= 0.6 is 0 Å². The van der Waals surface area contributed by atoms with Gasteiger partial charge in [-0.1, -0.05) is 0 Å². The standard InChI is InChI=1S/C23H27N7O4S/c1-35(31,32)30-8-6-28(7-9-30)15-19-25-22-20(34-19)23(29-10-12-33-13-11-29)27-21(26-22)17-2-3-18-16(14-17)4-5-24-18/h2-5,14,24H,6-13,15H2,1H3. The first-order valence-corrected chi connectivity index (χ1v) is 13.5. The fraction of sp³-hybridized carbons (Fsp3) is 0.435. The van der Waals surface area contributed by atoms with Crippen molar-refractivity contribution in [2.45, 2.75) is 6.54 Å². The van der Waals surface area contributed by atoms with Crippen molar-refractivity contribution in [3.05, 3.63) is 36.4 Å². The molecule has 2 aliphatic heterocycles. The molecule has 2 aliphatic rings. The van der Waals surface area contributed by atoms with Gasteiger partial charge in [0.1, 0.15) is 0 Å². The van der Waals surface area contributed by atoms with Gasteiger partial charge in [-0.05, 0) is 24.3 Å². The largest absolute Gasteiger partial charge is 0.434 e. The van der Waals surface area contributed by atoms with Crippen LogP contribution in [0.4, 0.5) is 5.82 Å². The number of benzene rings is 1. The lowest BCUT2D eigenvalue weighted by Crippen LogP contribution is -2.47. The minimum atomic E-state index is -3.17. The van der Waals surface area contributed by atoms with E-state index in [-0.39, 0.29) is 0 Å². The number of rotatable bonds is 5. The summed E-state index contributed by atoms with van der Waals surface area (Å²) in [7, 11) is -3.17. The van der Waals surface area contributed by atoms with Gasteiger partial charge >= 0.3 is 0 Å². The van der Waals surface area contributed by atoms with Crippen LogP contribution in [-0.4, -0.2) is 96.3 Å². The van der Waals surface area contributed by atoms with Crippen molar-refractivity contribution in [3.8, 4) is 11.4 Å². The van der Waals surface area contributed by atoms with E-state index in [0.717, 1.165) is 22.3 Å². The highest BCUT2D eigenvalue weighted by atomic mass is 32.2. The van der Waals surface area contributed by atoms with E-state index in [9.17, 15) is 8.42 Å². The number of nitrogens with zero attached hydrogens (tertiary/aromatic N) is 6. The van der Waals surface area contributed by atoms with Gasteiger partial charge in [-0.25, -0.2) is 18.4 Å². The molecule has 2 saturated heterocycles. The zero-order valence-electron chi connectivity index (χ0n) is 19.5. The monoisotopic (exact) mass is 497 g/mol. The highest BCUT2D eigenvalue weighted by Crippen LogP contribution is 2.30. The van der Waals surface area contributed by atoms with Crippen LogP contribution in [0.2, 0.25) is 0 Å². The normalized spacial score (nSPS) is 18.6. The summed E-state index contributed by atoms with van der Waals surface area (Å²) < 4.78 is 36.9. The Balaban J connectivity index is 1.33. The van der Waals surface area contributed by atoms with Crippen LogP contribution < -0.4 is 4.90 Å². The lowest BCUT2D eigenvalue weighted by molar-refractivity contribution is 0.122. The molecule has 12 heteroatoms. The molecular weight excluding hydrogens is 470 g/mol. The van der Waals surface area contributed by atoms with Crippen LogP contribution in [-0.2, 0) is 21.3 Å². The zero-order valence-corrected chi connectivity index (χ0v) is 20.3. The molecule has 5 heterocycles. The first-order chi connectivity index (χ1) is 16.9. The average molecular weight is 498 g/mol. The minimum Gasteiger partial charge on any atom is -0.434 e. The summed E-state index contributed by atoms with van der Waals surface area (Å²) in [6, 6.07) is 8.12. The number of hydrogen-bond acceptors (Lipinski definition) is 9. The number of oxazole rings is 1. The maximum Gasteiger partial charge on any atom is 0.216 e. The highest BCUT2D eigenvalue weighted by molar-refractivity contribution is 7.88. The smallest absolute Gasteiger partial charge is 0.216 e. The number of aromatic nitrogens is 4. The van der Waals surface area contributed by atoms with Crippen LogP contribution in [0.1, 0.15) is 5.89 Å². The molecule has 0 saturated carbocycles. The Hall–Kier alpha value is -3.06. The number of aromatic amines is 1. The van der Waals surface area contributed by atoms with Gasteiger partial charge in [0.25, 0.3) is 0 Å². The van der Waals surface area contributed by atoms with Crippen LogP contribution in [0, 0.1) is 0 Å². The predicted molar refractivity (Wildman–Crippen MR) is 132 cm³/mol. The Morgan fingerprint density at radius 1 is 1.00 bits per heavy atom. The number of fused-ring (bicyclic) bond motifs is 2.